The average Bonchev–Trinajstić information content (AvgIpc) is 2.49. The molecule has 0 saturated heterocycles. The zero-order chi connectivity index (χ0) is 10.6. The Balaban J connectivity index is 2.37. The Morgan fingerprint density at radius 3 is 2.93 bits per heavy atom. The number of carbonyl (C=O) groups is 1. The first-order chi connectivity index (χ1) is 6.59. The smallest absolute Gasteiger partial charge is 0.304 e. The molecule has 7 heteroatoms. The zero-order valence-corrected chi connectivity index (χ0v) is 9.18. The maximum absolute atomic E-state index is 10.3. The van der Waals surface area contributed by atoms with Crippen LogP contribution in [0, 0.1) is 0 Å². The standard InChI is InChI=1S/C7H10ClN3O2S/c1-11(3-2-6(12)13)4-5-7(8)14-10-9-5/h2-4H2,1H3,(H,12,13). The SMILES string of the molecule is CN(CCC(=O)O)Cc1nnsc1Cl. The predicted octanol–water partition coefficient (Wildman–Crippen LogP) is 1.10. The zero-order valence-electron chi connectivity index (χ0n) is 7.60. The van der Waals surface area contributed by atoms with Crippen LogP contribution in [-0.4, -0.2) is 39.2 Å². The Kier molecular flexibility index (Phi) is 4.24. The third-order valence-corrected chi connectivity index (χ3v) is 2.62. The van der Waals surface area contributed by atoms with Crippen molar-refractivity contribution in [2.24, 2.45) is 0 Å². The third kappa shape index (κ3) is 3.57. The minimum Gasteiger partial charge on any atom is -0.481 e. The van der Waals surface area contributed by atoms with E-state index in [2.05, 4.69) is 9.59 Å². The third-order valence-electron chi connectivity index (χ3n) is 1.64. The Hall–Kier alpha value is -0.720. The van der Waals surface area contributed by atoms with Gasteiger partial charge in [0.25, 0.3) is 0 Å². The second-order valence-corrected chi connectivity index (χ2v) is 4.23. The van der Waals surface area contributed by atoms with Gasteiger partial charge in [-0.15, -0.1) is 5.10 Å². The van der Waals surface area contributed by atoms with E-state index in [9.17, 15) is 4.79 Å². The number of rotatable bonds is 5. The summed E-state index contributed by atoms with van der Waals surface area (Å²) in [6.07, 6.45) is 0.117. The van der Waals surface area contributed by atoms with E-state index in [1.54, 1.807) is 0 Å². The van der Waals surface area contributed by atoms with Crippen molar-refractivity contribution in [2.45, 2.75) is 13.0 Å². The highest BCUT2D eigenvalue weighted by Gasteiger charge is 2.09. The second kappa shape index (κ2) is 5.23. The molecule has 1 aromatic rings. The van der Waals surface area contributed by atoms with Crippen molar-refractivity contribution in [1.82, 2.24) is 14.5 Å². The summed E-state index contributed by atoms with van der Waals surface area (Å²) in [5, 5.41) is 12.3. The summed E-state index contributed by atoms with van der Waals surface area (Å²) < 4.78 is 4.25. The Labute approximate surface area is 90.5 Å². The first-order valence-corrected chi connectivity index (χ1v) is 5.12. The molecule has 0 fully saturated rings. The minimum absolute atomic E-state index is 0.117. The number of carboxylic acid groups (broad SMARTS) is 1. The molecule has 14 heavy (non-hydrogen) atoms. The summed E-state index contributed by atoms with van der Waals surface area (Å²) in [5.74, 6) is -0.806. The maximum atomic E-state index is 10.3. The molecule has 0 atom stereocenters. The molecule has 0 aromatic carbocycles. The Morgan fingerprint density at radius 1 is 1.71 bits per heavy atom. The molecule has 0 amide bonds. The van der Waals surface area contributed by atoms with Crippen molar-refractivity contribution in [2.75, 3.05) is 13.6 Å². The molecule has 0 bridgehead atoms. The van der Waals surface area contributed by atoms with Gasteiger partial charge in [0.05, 0.1) is 6.42 Å². The fourth-order valence-corrected chi connectivity index (χ4v) is 1.52. The second-order valence-electron chi connectivity index (χ2n) is 2.87. The van der Waals surface area contributed by atoms with Crippen molar-refractivity contribution >= 4 is 29.1 Å². The molecule has 0 spiro atoms. The molecule has 1 heterocycles. The molecule has 78 valence electrons. The van der Waals surface area contributed by atoms with E-state index in [0.717, 1.165) is 11.5 Å². The Morgan fingerprint density at radius 2 is 2.43 bits per heavy atom. The molecule has 0 aliphatic carbocycles. The first kappa shape index (κ1) is 11.4. The highest BCUT2D eigenvalue weighted by atomic mass is 35.5. The normalized spacial score (nSPS) is 10.8. The van der Waals surface area contributed by atoms with Crippen LogP contribution in [-0.2, 0) is 11.3 Å². The summed E-state index contributed by atoms with van der Waals surface area (Å²) in [5.41, 5.74) is 0.699. The number of hydrogen-bond acceptors (Lipinski definition) is 5. The van der Waals surface area contributed by atoms with Gasteiger partial charge in [0.15, 0.2) is 0 Å². The van der Waals surface area contributed by atoms with Crippen molar-refractivity contribution in [3.05, 3.63) is 10.0 Å². The fourth-order valence-electron chi connectivity index (χ4n) is 0.913. The lowest BCUT2D eigenvalue weighted by Crippen LogP contribution is -2.21. The largest absolute Gasteiger partial charge is 0.481 e. The maximum Gasteiger partial charge on any atom is 0.304 e. The Bertz CT molecular complexity index is 318. The molecule has 0 aliphatic rings. The van der Waals surface area contributed by atoms with Gasteiger partial charge in [-0.2, -0.15) is 0 Å². The number of halogens is 1. The van der Waals surface area contributed by atoms with Crippen molar-refractivity contribution < 1.29 is 9.90 Å². The van der Waals surface area contributed by atoms with Crippen LogP contribution >= 0.6 is 23.1 Å². The average molecular weight is 236 g/mol. The number of hydrogen-bond donors (Lipinski definition) is 1. The quantitative estimate of drug-likeness (QED) is 0.828. The van der Waals surface area contributed by atoms with Gasteiger partial charge in [-0.3, -0.25) is 9.69 Å². The molecule has 0 radical (unpaired) electrons. The van der Waals surface area contributed by atoms with Crippen molar-refractivity contribution in [3.8, 4) is 0 Å². The van der Waals surface area contributed by atoms with E-state index < -0.39 is 5.97 Å². The van der Waals surface area contributed by atoms with Crippen LogP contribution in [0.1, 0.15) is 12.1 Å². The number of nitrogens with zero attached hydrogens (tertiary/aromatic N) is 3. The van der Waals surface area contributed by atoms with Gasteiger partial charge in [0, 0.05) is 24.6 Å². The van der Waals surface area contributed by atoms with Crippen LogP contribution in [0.4, 0.5) is 0 Å². The number of carboxylic acids is 1. The molecular weight excluding hydrogens is 226 g/mol. The molecule has 1 aromatic heterocycles. The minimum atomic E-state index is -0.806. The van der Waals surface area contributed by atoms with Crippen LogP contribution < -0.4 is 0 Å². The number of aromatic nitrogens is 2. The molecule has 1 N–H and O–H groups in total. The van der Waals surface area contributed by atoms with E-state index >= 15 is 0 Å². The van der Waals surface area contributed by atoms with Crippen LogP contribution in [0.3, 0.4) is 0 Å². The molecular formula is C7H10ClN3O2S. The summed E-state index contributed by atoms with van der Waals surface area (Å²) in [4.78, 5) is 12.1. The first-order valence-electron chi connectivity index (χ1n) is 3.96. The molecule has 5 nitrogen and oxygen atoms in total. The van der Waals surface area contributed by atoms with Crippen molar-refractivity contribution in [3.63, 3.8) is 0 Å². The predicted molar refractivity (Wildman–Crippen MR) is 53.5 cm³/mol. The van der Waals surface area contributed by atoms with Crippen LogP contribution in [0.15, 0.2) is 0 Å². The fraction of sp³-hybridized carbons (Fsp3) is 0.571. The van der Waals surface area contributed by atoms with Gasteiger partial charge in [-0.25, -0.2) is 0 Å². The molecule has 0 aliphatic heterocycles. The van der Waals surface area contributed by atoms with Gasteiger partial charge in [-0.05, 0) is 7.05 Å². The molecule has 0 unspecified atom stereocenters. The van der Waals surface area contributed by atoms with Crippen LogP contribution in [0.2, 0.25) is 4.34 Å². The topological polar surface area (TPSA) is 66.3 Å². The number of aliphatic carboxylic acids is 1. The highest BCUT2D eigenvalue weighted by Crippen LogP contribution is 2.18. The summed E-state index contributed by atoms with van der Waals surface area (Å²) in [6.45, 7) is 1.01. The highest BCUT2D eigenvalue weighted by molar-refractivity contribution is 7.10. The van der Waals surface area contributed by atoms with E-state index in [-0.39, 0.29) is 6.42 Å². The van der Waals surface area contributed by atoms with Gasteiger partial charge >= 0.3 is 5.97 Å². The van der Waals surface area contributed by atoms with Gasteiger partial charge < -0.3 is 5.11 Å². The van der Waals surface area contributed by atoms with Crippen LogP contribution in [0.25, 0.3) is 0 Å². The lowest BCUT2D eigenvalue weighted by molar-refractivity contribution is -0.137. The van der Waals surface area contributed by atoms with E-state index in [0.29, 0.717) is 23.1 Å². The molecule has 0 saturated carbocycles. The lowest BCUT2D eigenvalue weighted by Gasteiger charge is -2.13. The monoisotopic (exact) mass is 235 g/mol. The van der Waals surface area contributed by atoms with Gasteiger partial charge in [-0.1, -0.05) is 16.1 Å². The van der Waals surface area contributed by atoms with Crippen LogP contribution in [0.5, 0.6) is 0 Å². The van der Waals surface area contributed by atoms with Crippen molar-refractivity contribution in [1.29, 1.82) is 0 Å². The van der Waals surface area contributed by atoms with Gasteiger partial charge in [0.2, 0.25) is 0 Å². The summed E-state index contributed by atoms with van der Waals surface area (Å²) in [6, 6.07) is 0. The van der Waals surface area contributed by atoms with Gasteiger partial charge in [0.1, 0.15) is 10.0 Å². The summed E-state index contributed by atoms with van der Waals surface area (Å²) >= 11 is 6.93. The lowest BCUT2D eigenvalue weighted by atomic mass is 10.3. The van der Waals surface area contributed by atoms with E-state index in [4.69, 9.17) is 16.7 Å². The van der Waals surface area contributed by atoms with E-state index in [1.807, 2.05) is 11.9 Å². The molecule has 1 rings (SSSR count). The van der Waals surface area contributed by atoms with E-state index in [1.165, 1.54) is 0 Å². The summed E-state index contributed by atoms with van der Waals surface area (Å²) in [7, 11) is 1.82.